The smallest absolute Gasteiger partial charge is 0.0473 e. The quantitative estimate of drug-likeness (QED) is 0.405. The van der Waals surface area contributed by atoms with Crippen molar-refractivity contribution in [1.82, 2.24) is 0 Å². The summed E-state index contributed by atoms with van der Waals surface area (Å²) in [5.74, 6) is 0.631. The van der Waals surface area contributed by atoms with Crippen molar-refractivity contribution < 1.29 is 0 Å². The van der Waals surface area contributed by atoms with Crippen LogP contribution >= 0.6 is 0 Å². The lowest BCUT2D eigenvalue weighted by Gasteiger charge is -2.24. The minimum atomic E-state index is 0.631. The molecule has 1 nitrogen and oxygen atoms in total. The van der Waals surface area contributed by atoms with Gasteiger partial charge in [0.1, 0.15) is 0 Å². The fourth-order valence-electron chi connectivity index (χ4n) is 4.47. The summed E-state index contributed by atoms with van der Waals surface area (Å²) in [5.41, 5.74) is 21.5. The Hall–Kier alpha value is -2.80. The number of hydrogen-bond acceptors (Lipinski definition) is 1. The standard InChI is InChI=1S/C30H37N/c1-9-26-27(15-10-18(2)3)28(24-13-11-19(4)21(6)16-24)23(8)29(30(26)31)25-14-12-20(5)22(7)17-25/h9,11-14,16-18H,1,10,15,31H2,2-8H3. The monoisotopic (exact) mass is 411 g/mol. The summed E-state index contributed by atoms with van der Waals surface area (Å²) >= 11 is 0. The van der Waals surface area contributed by atoms with Gasteiger partial charge in [-0.1, -0.05) is 62.9 Å². The summed E-state index contributed by atoms with van der Waals surface area (Å²) < 4.78 is 0. The molecule has 162 valence electrons. The van der Waals surface area contributed by atoms with Gasteiger partial charge in [-0.15, -0.1) is 0 Å². The van der Waals surface area contributed by atoms with Crippen LogP contribution in [0.5, 0.6) is 0 Å². The van der Waals surface area contributed by atoms with Gasteiger partial charge in [0.25, 0.3) is 0 Å². The highest BCUT2D eigenvalue weighted by atomic mass is 14.6. The number of benzene rings is 3. The van der Waals surface area contributed by atoms with Gasteiger partial charge in [-0.25, -0.2) is 0 Å². The van der Waals surface area contributed by atoms with E-state index in [0.717, 1.165) is 29.7 Å². The Kier molecular flexibility index (Phi) is 6.74. The minimum absolute atomic E-state index is 0.631. The zero-order valence-corrected chi connectivity index (χ0v) is 20.3. The summed E-state index contributed by atoms with van der Waals surface area (Å²) in [7, 11) is 0. The van der Waals surface area contributed by atoms with Crippen LogP contribution in [0.2, 0.25) is 0 Å². The third kappa shape index (κ3) is 4.46. The zero-order chi connectivity index (χ0) is 22.9. The number of nitrogen functional groups attached to an aromatic ring is 1. The first kappa shape index (κ1) is 22.9. The van der Waals surface area contributed by atoms with Gasteiger partial charge in [-0.3, -0.25) is 0 Å². The number of rotatable bonds is 6. The zero-order valence-electron chi connectivity index (χ0n) is 20.3. The third-order valence-electron chi connectivity index (χ3n) is 6.70. The molecule has 3 aromatic carbocycles. The van der Waals surface area contributed by atoms with Gasteiger partial charge in [0, 0.05) is 16.8 Å². The number of nitrogens with two attached hydrogens (primary N) is 1. The second kappa shape index (κ2) is 9.14. The molecule has 0 spiro atoms. The van der Waals surface area contributed by atoms with E-state index < -0.39 is 0 Å². The maximum Gasteiger partial charge on any atom is 0.0473 e. The molecular formula is C30H37N. The molecule has 3 rings (SSSR count). The Morgan fingerprint density at radius 3 is 1.77 bits per heavy atom. The van der Waals surface area contributed by atoms with E-state index in [1.165, 1.54) is 50.1 Å². The first-order chi connectivity index (χ1) is 14.6. The lowest BCUT2D eigenvalue weighted by Crippen LogP contribution is -2.07. The molecule has 0 saturated heterocycles. The average molecular weight is 412 g/mol. The van der Waals surface area contributed by atoms with Gasteiger partial charge in [-0.05, 0) is 103 Å². The highest BCUT2D eigenvalue weighted by Gasteiger charge is 2.21. The maximum absolute atomic E-state index is 6.85. The van der Waals surface area contributed by atoms with Crippen LogP contribution in [0, 0.1) is 40.5 Å². The van der Waals surface area contributed by atoms with Crippen molar-refractivity contribution in [2.75, 3.05) is 5.73 Å². The number of aryl methyl sites for hydroxylation is 4. The van der Waals surface area contributed by atoms with Gasteiger partial charge in [-0.2, -0.15) is 0 Å². The molecule has 0 radical (unpaired) electrons. The maximum atomic E-state index is 6.85. The van der Waals surface area contributed by atoms with Crippen molar-refractivity contribution >= 4 is 11.8 Å². The van der Waals surface area contributed by atoms with E-state index in [1.807, 2.05) is 6.08 Å². The normalized spacial score (nSPS) is 11.2. The van der Waals surface area contributed by atoms with Crippen LogP contribution in [-0.2, 0) is 6.42 Å². The van der Waals surface area contributed by atoms with Crippen molar-refractivity contribution in [1.29, 1.82) is 0 Å². The molecule has 0 aromatic heterocycles. The Morgan fingerprint density at radius 1 is 0.806 bits per heavy atom. The topological polar surface area (TPSA) is 26.0 Å². The Morgan fingerprint density at radius 2 is 1.32 bits per heavy atom. The minimum Gasteiger partial charge on any atom is -0.398 e. The largest absolute Gasteiger partial charge is 0.398 e. The summed E-state index contributed by atoms with van der Waals surface area (Å²) in [5, 5.41) is 0. The fraction of sp³-hybridized carbons (Fsp3) is 0.333. The molecule has 0 saturated carbocycles. The van der Waals surface area contributed by atoms with E-state index >= 15 is 0 Å². The first-order valence-corrected chi connectivity index (χ1v) is 11.4. The van der Waals surface area contributed by atoms with Crippen LogP contribution in [0.25, 0.3) is 28.3 Å². The van der Waals surface area contributed by atoms with E-state index in [2.05, 4.69) is 91.4 Å². The van der Waals surface area contributed by atoms with Crippen LogP contribution in [0.15, 0.2) is 43.0 Å². The van der Waals surface area contributed by atoms with Gasteiger partial charge in [0.05, 0.1) is 0 Å². The second-order valence-corrected chi connectivity index (χ2v) is 9.42. The molecule has 3 aromatic rings. The van der Waals surface area contributed by atoms with Crippen molar-refractivity contribution in [2.45, 2.75) is 61.3 Å². The van der Waals surface area contributed by atoms with Gasteiger partial charge in [0.15, 0.2) is 0 Å². The van der Waals surface area contributed by atoms with Crippen molar-refractivity contribution in [3.05, 3.63) is 81.9 Å². The van der Waals surface area contributed by atoms with Gasteiger partial charge >= 0.3 is 0 Å². The van der Waals surface area contributed by atoms with Gasteiger partial charge < -0.3 is 5.73 Å². The molecule has 0 amide bonds. The highest BCUT2D eigenvalue weighted by Crippen LogP contribution is 2.43. The molecule has 0 unspecified atom stereocenters. The summed E-state index contributed by atoms with van der Waals surface area (Å²) in [6, 6.07) is 13.5. The molecule has 31 heavy (non-hydrogen) atoms. The van der Waals surface area contributed by atoms with E-state index in [4.69, 9.17) is 5.73 Å². The van der Waals surface area contributed by atoms with Crippen molar-refractivity contribution in [3.8, 4) is 22.3 Å². The first-order valence-electron chi connectivity index (χ1n) is 11.4. The predicted molar refractivity (Wildman–Crippen MR) is 139 cm³/mol. The van der Waals surface area contributed by atoms with Crippen LogP contribution in [-0.4, -0.2) is 0 Å². The number of hydrogen-bond donors (Lipinski definition) is 1. The lowest BCUT2D eigenvalue weighted by molar-refractivity contribution is 0.587. The third-order valence-corrected chi connectivity index (χ3v) is 6.70. The molecule has 0 heterocycles. The lowest BCUT2D eigenvalue weighted by atomic mass is 9.81. The molecule has 0 aliphatic rings. The van der Waals surface area contributed by atoms with E-state index in [1.54, 1.807) is 0 Å². The summed E-state index contributed by atoms with van der Waals surface area (Å²) in [6.45, 7) is 19.6. The SMILES string of the molecule is C=Cc1c(N)c(-c2ccc(C)c(C)c2)c(C)c(-c2ccc(C)c(C)c2)c1CCC(C)C. The molecule has 0 fully saturated rings. The van der Waals surface area contributed by atoms with E-state index in [9.17, 15) is 0 Å². The second-order valence-electron chi connectivity index (χ2n) is 9.42. The predicted octanol–water partition coefficient (Wildman–Crippen LogP) is 8.38. The molecule has 0 aliphatic heterocycles. The molecule has 1 heteroatoms. The Balaban J connectivity index is 2.40. The van der Waals surface area contributed by atoms with Crippen molar-refractivity contribution in [2.24, 2.45) is 5.92 Å². The summed E-state index contributed by atoms with van der Waals surface area (Å²) in [6.07, 6.45) is 4.08. The Labute approximate surface area is 189 Å². The Bertz CT molecular complexity index is 1130. The molecular weight excluding hydrogens is 374 g/mol. The van der Waals surface area contributed by atoms with E-state index in [-0.39, 0.29) is 0 Å². The fourth-order valence-corrected chi connectivity index (χ4v) is 4.47. The van der Waals surface area contributed by atoms with Crippen molar-refractivity contribution in [3.63, 3.8) is 0 Å². The molecule has 0 bridgehead atoms. The van der Waals surface area contributed by atoms with E-state index in [0.29, 0.717) is 5.92 Å². The van der Waals surface area contributed by atoms with Crippen LogP contribution in [0.3, 0.4) is 0 Å². The van der Waals surface area contributed by atoms with Crippen LogP contribution in [0.1, 0.15) is 59.2 Å². The van der Waals surface area contributed by atoms with Crippen LogP contribution < -0.4 is 5.73 Å². The van der Waals surface area contributed by atoms with Crippen LogP contribution in [0.4, 0.5) is 5.69 Å². The number of anilines is 1. The van der Waals surface area contributed by atoms with Gasteiger partial charge in [0.2, 0.25) is 0 Å². The molecule has 2 N–H and O–H groups in total. The average Bonchev–Trinajstić information content (AvgIpc) is 2.71. The molecule has 0 atom stereocenters. The highest BCUT2D eigenvalue weighted by molar-refractivity contribution is 5.94. The molecule has 0 aliphatic carbocycles. The summed E-state index contributed by atoms with van der Waals surface area (Å²) in [4.78, 5) is 0.